The molecule has 0 amide bonds. The summed E-state index contributed by atoms with van der Waals surface area (Å²) in [6.45, 7) is 4.10. The molecule has 0 saturated carbocycles. The molecular weight excluding hydrogens is 136 g/mol. The minimum Gasteiger partial charge on any atom is -0.494 e. The average Bonchev–Trinajstić information content (AvgIpc) is 2.03. The van der Waals surface area contributed by atoms with Crippen LogP contribution in [-0.4, -0.2) is 6.10 Å². The van der Waals surface area contributed by atoms with Crippen LogP contribution in [0.5, 0.6) is 0 Å². The highest BCUT2D eigenvalue weighted by atomic mass is 16.5. The molecule has 62 valence electrons. The Hall–Kier alpha value is -0.720. The quantitative estimate of drug-likeness (QED) is 0.436. The molecule has 0 spiro atoms. The van der Waals surface area contributed by atoms with Gasteiger partial charge in [0.15, 0.2) is 0 Å². The third-order valence-corrected chi connectivity index (χ3v) is 1.69. The van der Waals surface area contributed by atoms with Crippen molar-refractivity contribution in [1.82, 2.24) is 0 Å². The topological polar surface area (TPSA) is 9.23 Å². The summed E-state index contributed by atoms with van der Waals surface area (Å²) in [7, 11) is 0. The number of allylic oxidation sites excluding steroid dienone is 2. The van der Waals surface area contributed by atoms with Crippen LogP contribution in [0.4, 0.5) is 0 Å². The van der Waals surface area contributed by atoms with Gasteiger partial charge in [-0.05, 0) is 44.8 Å². The van der Waals surface area contributed by atoms with Gasteiger partial charge >= 0.3 is 0 Å². The molecule has 0 aromatic carbocycles. The number of rotatable bonds is 2. The van der Waals surface area contributed by atoms with Crippen molar-refractivity contribution >= 4 is 0 Å². The molecule has 0 aromatic heterocycles. The first kappa shape index (κ1) is 8.38. The lowest BCUT2D eigenvalue weighted by molar-refractivity contribution is 0.169. The molecular formula is C10H16O. The summed E-state index contributed by atoms with van der Waals surface area (Å²) in [5.74, 6) is 0. The van der Waals surface area contributed by atoms with Gasteiger partial charge in [0.1, 0.15) is 6.10 Å². The first-order valence-electron chi connectivity index (χ1n) is 4.24. The van der Waals surface area contributed by atoms with E-state index in [-0.39, 0.29) is 0 Å². The van der Waals surface area contributed by atoms with Crippen molar-refractivity contribution in [3.05, 3.63) is 24.0 Å². The molecule has 0 aromatic rings. The maximum Gasteiger partial charge on any atom is 0.116 e. The molecule has 0 radical (unpaired) electrons. The second-order valence-corrected chi connectivity index (χ2v) is 3.23. The minimum atomic E-state index is 0.332. The van der Waals surface area contributed by atoms with Gasteiger partial charge in [-0.1, -0.05) is 6.08 Å². The van der Waals surface area contributed by atoms with Crippen LogP contribution in [0, 0.1) is 0 Å². The van der Waals surface area contributed by atoms with E-state index in [9.17, 15) is 0 Å². The smallest absolute Gasteiger partial charge is 0.116 e. The molecule has 1 atom stereocenters. The first-order chi connectivity index (χ1) is 5.29. The van der Waals surface area contributed by atoms with Gasteiger partial charge in [-0.3, -0.25) is 0 Å². The largest absolute Gasteiger partial charge is 0.494 e. The minimum absolute atomic E-state index is 0.332. The zero-order chi connectivity index (χ0) is 8.10. The van der Waals surface area contributed by atoms with Crippen LogP contribution < -0.4 is 0 Å². The van der Waals surface area contributed by atoms with E-state index in [1.165, 1.54) is 24.8 Å². The zero-order valence-electron chi connectivity index (χ0n) is 7.34. The monoisotopic (exact) mass is 152 g/mol. The third kappa shape index (κ3) is 3.26. The van der Waals surface area contributed by atoms with Crippen molar-refractivity contribution in [2.75, 3.05) is 0 Å². The Morgan fingerprint density at radius 3 is 2.91 bits per heavy atom. The van der Waals surface area contributed by atoms with Crippen LogP contribution in [-0.2, 0) is 4.74 Å². The lowest BCUT2D eigenvalue weighted by Crippen LogP contribution is -2.08. The van der Waals surface area contributed by atoms with E-state index in [1.807, 2.05) is 20.1 Å². The molecule has 1 aliphatic carbocycles. The average molecular weight is 152 g/mol. The predicted octanol–water partition coefficient (Wildman–Crippen LogP) is 3.04. The summed E-state index contributed by atoms with van der Waals surface area (Å²) in [5, 5.41) is 0. The summed E-state index contributed by atoms with van der Waals surface area (Å²) in [6.07, 6.45) is 10.2. The van der Waals surface area contributed by atoms with Crippen LogP contribution in [0.2, 0.25) is 0 Å². The Labute approximate surface area is 68.8 Å². The van der Waals surface area contributed by atoms with Crippen LogP contribution in [0.15, 0.2) is 24.0 Å². The van der Waals surface area contributed by atoms with E-state index in [1.54, 1.807) is 0 Å². The molecule has 0 saturated heterocycles. The van der Waals surface area contributed by atoms with Gasteiger partial charge in [0.25, 0.3) is 0 Å². The second kappa shape index (κ2) is 4.22. The summed E-state index contributed by atoms with van der Waals surface area (Å²) in [5.41, 5.74) is 1.23. The van der Waals surface area contributed by atoms with Gasteiger partial charge < -0.3 is 4.74 Å². The molecule has 1 unspecified atom stereocenters. The van der Waals surface area contributed by atoms with Gasteiger partial charge in [-0.25, -0.2) is 0 Å². The Balaban J connectivity index is 2.31. The van der Waals surface area contributed by atoms with Gasteiger partial charge in [0, 0.05) is 0 Å². The normalized spacial score (nSPS) is 22.9. The molecule has 0 bridgehead atoms. The maximum atomic E-state index is 5.50. The molecule has 0 aliphatic heterocycles. The summed E-state index contributed by atoms with van der Waals surface area (Å²) >= 11 is 0. The molecule has 1 nitrogen and oxygen atoms in total. The number of ether oxygens (including phenoxy) is 1. The van der Waals surface area contributed by atoms with Gasteiger partial charge in [0.05, 0.1) is 6.26 Å². The molecule has 1 heteroatoms. The summed E-state index contributed by atoms with van der Waals surface area (Å²) < 4.78 is 5.50. The molecule has 11 heavy (non-hydrogen) atoms. The lowest BCUT2D eigenvalue weighted by atomic mass is 10.1. The van der Waals surface area contributed by atoms with Gasteiger partial charge in [0.2, 0.25) is 0 Å². The van der Waals surface area contributed by atoms with Crippen molar-refractivity contribution in [1.29, 1.82) is 0 Å². The van der Waals surface area contributed by atoms with E-state index >= 15 is 0 Å². The van der Waals surface area contributed by atoms with Crippen LogP contribution in [0.25, 0.3) is 0 Å². The van der Waals surface area contributed by atoms with E-state index in [0.717, 1.165) is 0 Å². The summed E-state index contributed by atoms with van der Waals surface area (Å²) in [4.78, 5) is 0. The fraction of sp³-hybridized carbons (Fsp3) is 0.600. The molecule has 0 fully saturated rings. The van der Waals surface area contributed by atoms with E-state index < -0.39 is 0 Å². The van der Waals surface area contributed by atoms with E-state index in [2.05, 4.69) is 12.2 Å². The Kier molecular flexibility index (Phi) is 3.21. The summed E-state index contributed by atoms with van der Waals surface area (Å²) in [6, 6.07) is 0. The fourth-order valence-corrected chi connectivity index (χ4v) is 1.12. The first-order valence-corrected chi connectivity index (χ1v) is 4.24. The van der Waals surface area contributed by atoms with Crippen molar-refractivity contribution in [3.8, 4) is 0 Å². The number of hydrogen-bond donors (Lipinski definition) is 0. The highest BCUT2D eigenvalue weighted by molar-refractivity contribution is 4.96. The van der Waals surface area contributed by atoms with Crippen LogP contribution in [0.1, 0.15) is 33.1 Å². The van der Waals surface area contributed by atoms with Crippen molar-refractivity contribution in [2.24, 2.45) is 0 Å². The lowest BCUT2D eigenvalue weighted by Gasteiger charge is -2.15. The van der Waals surface area contributed by atoms with Gasteiger partial charge in [-0.15, -0.1) is 0 Å². The predicted molar refractivity (Wildman–Crippen MR) is 47.3 cm³/mol. The highest BCUT2D eigenvalue weighted by Gasteiger charge is 2.06. The Morgan fingerprint density at radius 2 is 2.36 bits per heavy atom. The SMILES string of the molecule is CC(C)=COC1C=CCCC1. The standard InChI is InChI=1S/C10H16O/c1-9(2)8-11-10-6-4-3-5-7-10/h4,6,8,10H,3,5,7H2,1-2H3. The molecule has 0 N–H and O–H groups in total. The second-order valence-electron chi connectivity index (χ2n) is 3.23. The fourth-order valence-electron chi connectivity index (χ4n) is 1.12. The van der Waals surface area contributed by atoms with Gasteiger partial charge in [-0.2, -0.15) is 0 Å². The third-order valence-electron chi connectivity index (χ3n) is 1.69. The number of hydrogen-bond acceptors (Lipinski definition) is 1. The van der Waals surface area contributed by atoms with E-state index in [0.29, 0.717) is 6.10 Å². The van der Waals surface area contributed by atoms with Crippen LogP contribution in [0.3, 0.4) is 0 Å². The van der Waals surface area contributed by atoms with Crippen LogP contribution >= 0.6 is 0 Å². The Bertz CT molecular complexity index is 164. The van der Waals surface area contributed by atoms with E-state index in [4.69, 9.17) is 4.74 Å². The maximum absolute atomic E-state index is 5.50. The Morgan fingerprint density at radius 1 is 1.55 bits per heavy atom. The zero-order valence-corrected chi connectivity index (χ0v) is 7.34. The van der Waals surface area contributed by atoms with Crippen molar-refractivity contribution < 1.29 is 4.74 Å². The molecule has 1 aliphatic rings. The van der Waals surface area contributed by atoms with Crippen molar-refractivity contribution in [3.63, 3.8) is 0 Å². The van der Waals surface area contributed by atoms with Crippen molar-refractivity contribution in [2.45, 2.75) is 39.2 Å². The molecule has 1 rings (SSSR count). The highest BCUT2D eigenvalue weighted by Crippen LogP contribution is 2.13. The molecule has 0 heterocycles.